The highest BCUT2D eigenvalue weighted by atomic mass is 32.2. The molecular formula is C15H29NO3S. The van der Waals surface area contributed by atoms with E-state index in [1.54, 1.807) is 0 Å². The first-order chi connectivity index (χ1) is 9.34. The van der Waals surface area contributed by atoms with Crippen LogP contribution in [0.15, 0.2) is 0 Å². The second-order valence-corrected chi connectivity index (χ2v) is 9.32. The number of rotatable bonds is 4. The van der Waals surface area contributed by atoms with Gasteiger partial charge in [0.15, 0.2) is 9.84 Å². The quantitative estimate of drug-likeness (QED) is 0.863. The van der Waals surface area contributed by atoms with Gasteiger partial charge in [-0.05, 0) is 43.9 Å². The minimum absolute atomic E-state index is 0.475. The van der Waals surface area contributed by atoms with Gasteiger partial charge in [0.1, 0.15) is 0 Å². The molecule has 0 aromatic heterocycles. The van der Waals surface area contributed by atoms with Crippen molar-refractivity contribution >= 4 is 9.84 Å². The van der Waals surface area contributed by atoms with Crippen molar-refractivity contribution in [3.05, 3.63) is 0 Å². The Morgan fingerprint density at radius 3 is 2.35 bits per heavy atom. The molecule has 1 N–H and O–H groups in total. The maximum atomic E-state index is 12.2. The largest absolute Gasteiger partial charge is 0.381 e. The lowest BCUT2D eigenvalue weighted by molar-refractivity contribution is 0.0726. The van der Waals surface area contributed by atoms with Gasteiger partial charge >= 0.3 is 0 Å². The monoisotopic (exact) mass is 303 g/mol. The third-order valence-electron chi connectivity index (χ3n) is 5.50. The Hall–Kier alpha value is -0.130. The van der Waals surface area contributed by atoms with Gasteiger partial charge in [-0.25, -0.2) is 8.42 Å². The molecule has 1 saturated heterocycles. The molecule has 3 atom stereocenters. The Labute approximate surface area is 123 Å². The Bertz CT molecular complexity index is 415. The standard InChI is InChI=1S/C15H29NO3S/c1-12-4-5-14(10-13(12)2)16-11-15(20(3,17)18)6-8-19-9-7-15/h12-14,16H,4-11H2,1-3H3. The molecule has 1 heterocycles. The minimum Gasteiger partial charge on any atom is -0.381 e. The molecule has 118 valence electrons. The van der Waals surface area contributed by atoms with Crippen LogP contribution in [0.5, 0.6) is 0 Å². The van der Waals surface area contributed by atoms with Crippen LogP contribution in [0.3, 0.4) is 0 Å². The Balaban J connectivity index is 1.96. The van der Waals surface area contributed by atoms with Crippen LogP contribution in [0.1, 0.15) is 46.0 Å². The van der Waals surface area contributed by atoms with Crippen LogP contribution < -0.4 is 5.32 Å². The van der Waals surface area contributed by atoms with E-state index in [1.807, 2.05) is 0 Å². The second-order valence-electron chi connectivity index (χ2n) is 6.91. The van der Waals surface area contributed by atoms with Gasteiger partial charge in [-0.2, -0.15) is 0 Å². The maximum Gasteiger partial charge on any atom is 0.154 e. The van der Waals surface area contributed by atoms with Crippen molar-refractivity contribution in [2.75, 3.05) is 26.0 Å². The molecule has 0 spiro atoms. The predicted molar refractivity (Wildman–Crippen MR) is 81.6 cm³/mol. The predicted octanol–water partition coefficient (Wildman–Crippen LogP) is 1.99. The summed E-state index contributed by atoms with van der Waals surface area (Å²) >= 11 is 0. The van der Waals surface area contributed by atoms with E-state index in [1.165, 1.54) is 19.1 Å². The Kier molecular flexibility index (Phi) is 5.14. The van der Waals surface area contributed by atoms with E-state index >= 15 is 0 Å². The lowest BCUT2D eigenvalue weighted by atomic mass is 9.79. The Morgan fingerprint density at radius 1 is 1.15 bits per heavy atom. The number of hydrogen-bond donors (Lipinski definition) is 1. The van der Waals surface area contributed by atoms with E-state index in [9.17, 15) is 8.42 Å². The summed E-state index contributed by atoms with van der Waals surface area (Å²) in [6.07, 6.45) is 6.20. The summed E-state index contributed by atoms with van der Waals surface area (Å²) in [5.74, 6) is 1.52. The van der Waals surface area contributed by atoms with E-state index in [-0.39, 0.29) is 0 Å². The minimum atomic E-state index is -3.06. The van der Waals surface area contributed by atoms with Crippen molar-refractivity contribution in [2.24, 2.45) is 11.8 Å². The van der Waals surface area contributed by atoms with Gasteiger partial charge in [-0.1, -0.05) is 13.8 Å². The van der Waals surface area contributed by atoms with E-state index < -0.39 is 14.6 Å². The summed E-state index contributed by atoms with van der Waals surface area (Å²) in [5, 5.41) is 3.55. The molecule has 0 bridgehead atoms. The first kappa shape index (κ1) is 16.2. The zero-order valence-corrected chi connectivity index (χ0v) is 13.8. The van der Waals surface area contributed by atoms with Crippen LogP contribution in [0.4, 0.5) is 0 Å². The van der Waals surface area contributed by atoms with E-state index in [0.29, 0.717) is 38.6 Å². The molecule has 1 aliphatic heterocycles. The lowest BCUT2D eigenvalue weighted by Gasteiger charge is -2.39. The SMILES string of the molecule is CC1CCC(NCC2(S(C)(=O)=O)CCOCC2)CC1C. The van der Waals surface area contributed by atoms with Gasteiger partial charge in [0, 0.05) is 32.1 Å². The summed E-state index contributed by atoms with van der Waals surface area (Å²) < 4.78 is 29.1. The normalized spacial score (nSPS) is 34.9. The highest BCUT2D eigenvalue weighted by molar-refractivity contribution is 7.92. The third kappa shape index (κ3) is 3.55. The molecule has 2 rings (SSSR count). The van der Waals surface area contributed by atoms with Crippen LogP contribution in [0.25, 0.3) is 0 Å². The zero-order valence-electron chi connectivity index (χ0n) is 13.0. The molecule has 20 heavy (non-hydrogen) atoms. The molecule has 3 unspecified atom stereocenters. The first-order valence-corrected chi connectivity index (χ1v) is 9.74. The van der Waals surface area contributed by atoms with Crippen LogP contribution in [0.2, 0.25) is 0 Å². The second kappa shape index (κ2) is 6.32. The number of hydrogen-bond acceptors (Lipinski definition) is 4. The topological polar surface area (TPSA) is 55.4 Å². The van der Waals surface area contributed by atoms with Crippen LogP contribution in [0, 0.1) is 11.8 Å². The van der Waals surface area contributed by atoms with Gasteiger partial charge in [0.05, 0.1) is 4.75 Å². The summed E-state index contributed by atoms with van der Waals surface area (Å²) in [6, 6.07) is 0.475. The molecular weight excluding hydrogens is 274 g/mol. The molecule has 4 nitrogen and oxygen atoms in total. The highest BCUT2D eigenvalue weighted by Gasteiger charge is 2.42. The third-order valence-corrected chi connectivity index (χ3v) is 7.63. The average Bonchev–Trinajstić information content (AvgIpc) is 2.40. The van der Waals surface area contributed by atoms with E-state index in [4.69, 9.17) is 4.74 Å². The van der Waals surface area contributed by atoms with Crippen molar-refractivity contribution in [3.63, 3.8) is 0 Å². The van der Waals surface area contributed by atoms with Crippen molar-refractivity contribution in [1.82, 2.24) is 5.32 Å². The number of nitrogens with one attached hydrogen (secondary N) is 1. The van der Waals surface area contributed by atoms with Crippen molar-refractivity contribution < 1.29 is 13.2 Å². The highest BCUT2D eigenvalue weighted by Crippen LogP contribution is 2.32. The zero-order chi connectivity index (χ0) is 14.8. The fourth-order valence-corrected chi connectivity index (χ4v) is 4.74. The maximum absolute atomic E-state index is 12.2. The Morgan fingerprint density at radius 2 is 1.80 bits per heavy atom. The fraction of sp³-hybridized carbons (Fsp3) is 1.00. The summed E-state index contributed by atoms with van der Waals surface area (Å²) in [5.41, 5.74) is 0. The first-order valence-electron chi connectivity index (χ1n) is 7.85. The van der Waals surface area contributed by atoms with Gasteiger partial charge in [-0.15, -0.1) is 0 Å². The van der Waals surface area contributed by atoms with Gasteiger partial charge in [0.2, 0.25) is 0 Å². The number of ether oxygens (including phenoxy) is 1. The molecule has 0 aromatic rings. The molecule has 0 radical (unpaired) electrons. The smallest absolute Gasteiger partial charge is 0.154 e. The van der Waals surface area contributed by atoms with Crippen LogP contribution in [-0.4, -0.2) is 45.2 Å². The molecule has 0 amide bonds. The molecule has 2 aliphatic rings. The molecule has 1 saturated carbocycles. The number of sulfone groups is 1. The fourth-order valence-electron chi connectivity index (χ4n) is 3.49. The summed E-state index contributed by atoms with van der Waals surface area (Å²) in [7, 11) is -3.06. The van der Waals surface area contributed by atoms with Crippen molar-refractivity contribution in [3.8, 4) is 0 Å². The molecule has 2 fully saturated rings. The molecule has 1 aliphatic carbocycles. The van der Waals surface area contributed by atoms with E-state index in [0.717, 1.165) is 18.3 Å². The van der Waals surface area contributed by atoms with Crippen LogP contribution >= 0.6 is 0 Å². The van der Waals surface area contributed by atoms with Gasteiger partial charge in [0.25, 0.3) is 0 Å². The van der Waals surface area contributed by atoms with Crippen molar-refractivity contribution in [2.45, 2.75) is 56.7 Å². The summed E-state index contributed by atoms with van der Waals surface area (Å²) in [4.78, 5) is 0. The van der Waals surface area contributed by atoms with E-state index in [2.05, 4.69) is 19.2 Å². The average molecular weight is 303 g/mol. The van der Waals surface area contributed by atoms with Gasteiger partial charge < -0.3 is 10.1 Å². The van der Waals surface area contributed by atoms with Gasteiger partial charge in [-0.3, -0.25) is 0 Å². The lowest BCUT2D eigenvalue weighted by Crippen LogP contribution is -2.53. The summed E-state index contributed by atoms with van der Waals surface area (Å²) in [6.45, 7) is 6.33. The molecule has 0 aromatic carbocycles. The van der Waals surface area contributed by atoms with Crippen molar-refractivity contribution in [1.29, 1.82) is 0 Å². The molecule has 5 heteroatoms. The van der Waals surface area contributed by atoms with Crippen LogP contribution in [-0.2, 0) is 14.6 Å².